The van der Waals surface area contributed by atoms with E-state index in [0.29, 0.717) is 18.7 Å². The molecular weight excluding hydrogens is 428 g/mol. The number of carbonyl (C=O) groups is 2. The van der Waals surface area contributed by atoms with Crippen LogP contribution in [0, 0.1) is 0 Å². The smallest absolute Gasteiger partial charge is 0.338 e. The average molecular weight is 455 g/mol. The molecule has 1 aromatic heterocycles. The topological polar surface area (TPSA) is 78.5 Å². The van der Waals surface area contributed by atoms with Crippen molar-refractivity contribution in [3.05, 3.63) is 102 Å². The fourth-order valence-electron chi connectivity index (χ4n) is 4.48. The van der Waals surface area contributed by atoms with E-state index in [1.54, 1.807) is 29.4 Å². The molecule has 3 aromatic carbocycles. The Hall–Kier alpha value is -3.97. The van der Waals surface area contributed by atoms with E-state index < -0.39 is 5.97 Å². The molecule has 1 N–H and O–H groups in total. The highest BCUT2D eigenvalue weighted by Gasteiger charge is 2.28. The molecule has 0 spiro atoms. The molecule has 0 atom stereocenters. The van der Waals surface area contributed by atoms with E-state index in [0.717, 1.165) is 24.1 Å². The first-order chi connectivity index (χ1) is 16.7. The molecule has 172 valence electrons. The third-order valence-corrected chi connectivity index (χ3v) is 6.25. The van der Waals surface area contributed by atoms with E-state index in [4.69, 9.17) is 4.74 Å². The molecule has 2 heterocycles. The number of H-pyrrole nitrogens is 1. The van der Waals surface area contributed by atoms with Gasteiger partial charge in [0.2, 0.25) is 0 Å². The molecule has 1 fully saturated rings. The van der Waals surface area contributed by atoms with Gasteiger partial charge in [-0.2, -0.15) is 0 Å². The molecule has 0 unspecified atom stereocenters. The van der Waals surface area contributed by atoms with E-state index in [2.05, 4.69) is 63.4 Å². The number of imidazole rings is 1. The van der Waals surface area contributed by atoms with Crippen molar-refractivity contribution in [2.45, 2.75) is 6.04 Å². The second-order valence-corrected chi connectivity index (χ2v) is 8.35. The Morgan fingerprint density at radius 2 is 1.53 bits per heavy atom. The number of piperazine rings is 1. The Morgan fingerprint density at radius 3 is 2.18 bits per heavy atom. The van der Waals surface area contributed by atoms with Crippen LogP contribution in [-0.2, 0) is 9.53 Å². The summed E-state index contributed by atoms with van der Waals surface area (Å²) in [5, 5.41) is 0. The summed E-state index contributed by atoms with van der Waals surface area (Å²) in [7, 11) is 0. The second kappa shape index (κ2) is 9.89. The summed E-state index contributed by atoms with van der Waals surface area (Å²) < 4.78 is 5.30. The van der Waals surface area contributed by atoms with Crippen molar-refractivity contribution in [1.82, 2.24) is 19.8 Å². The molecule has 1 aliphatic rings. The molecule has 7 nitrogen and oxygen atoms in total. The molecule has 4 aromatic rings. The molecule has 34 heavy (non-hydrogen) atoms. The van der Waals surface area contributed by atoms with Gasteiger partial charge in [-0.15, -0.1) is 0 Å². The van der Waals surface area contributed by atoms with Crippen LogP contribution in [-0.4, -0.2) is 64.4 Å². The number of aromatic nitrogens is 2. The molecule has 5 rings (SSSR count). The van der Waals surface area contributed by atoms with Crippen LogP contribution in [0.2, 0.25) is 0 Å². The van der Waals surface area contributed by atoms with Gasteiger partial charge in [-0.05, 0) is 29.3 Å². The van der Waals surface area contributed by atoms with E-state index in [9.17, 15) is 9.59 Å². The van der Waals surface area contributed by atoms with Crippen LogP contribution in [0.4, 0.5) is 0 Å². The lowest BCUT2D eigenvalue weighted by Crippen LogP contribution is -2.50. The summed E-state index contributed by atoms with van der Waals surface area (Å²) >= 11 is 0. The van der Waals surface area contributed by atoms with Crippen LogP contribution in [0.1, 0.15) is 27.5 Å². The van der Waals surface area contributed by atoms with Gasteiger partial charge in [0.05, 0.1) is 29.0 Å². The third-order valence-electron chi connectivity index (χ3n) is 6.25. The molecule has 1 aliphatic heterocycles. The van der Waals surface area contributed by atoms with Crippen molar-refractivity contribution in [3.63, 3.8) is 0 Å². The number of esters is 1. The number of hydrogen-bond acceptors (Lipinski definition) is 5. The van der Waals surface area contributed by atoms with Gasteiger partial charge >= 0.3 is 5.97 Å². The summed E-state index contributed by atoms with van der Waals surface area (Å²) in [4.78, 5) is 36.4. The number of benzene rings is 3. The molecule has 7 heteroatoms. The van der Waals surface area contributed by atoms with Gasteiger partial charge < -0.3 is 14.6 Å². The Bertz CT molecular complexity index is 1230. The zero-order valence-corrected chi connectivity index (χ0v) is 18.8. The van der Waals surface area contributed by atoms with Gasteiger partial charge in [0.25, 0.3) is 5.91 Å². The van der Waals surface area contributed by atoms with Crippen molar-refractivity contribution < 1.29 is 14.3 Å². The van der Waals surface area contributed by atoms with Crippen molar-refractivity contribution in [1.29, 1.82) is 0 Å². The fourth-order valence-corrected chi connectivity index (χ4v) is 4.48. The van der Waals surface area contributed by atoms with Gasteiger partial charge in [0.1, 0.15) is 0 Å². The first kappa shape index (κ1) is 21.9. The number of carbonyl (C=O) groups excluding carboxylic acids is 2. The Labute approximate surface area is 198 Å². The fraction of sp³-hybridized carbons (Fsp3) is 0.222. The quantitative estimate of drug-likeness (QED) is 0.450. The lowest BCUT2D eigenvalue weighted by atomic mass is 9.96. The predicted molar refractivity (Wildman–Crippen MR) is 129 cm³/mol. The highest BCUT2D eigenvalue weighted by atomic mass is 16.5. The molecule has 1 amide bonds. The number of hydrogen-bond donors (Lipinski definition) is 1. The minimum atomic E-state index is -0.517. The molecular formula is C27H26N4O3. The molecule has 1 saturated heterocycles. The summed E-state index contributed by atoms with van der Waals surface area (Å²) in [6, 6.07) is 26.1. The summed E-state index contributed by atoms with van der Waals surface area (Å²) in [6.07, 6.45) is 1.57. The first-order valence-electron chi connectivity index (χ1n) is 11.4. The largest absolute Gasteiger partial charge is 0.452 e. The van der Waals surface area contributed by atoms with Gasteiger partial charge in [-0.3, -0.25) is 9.69 Å². The maximum absolute atomic E-state index is 12.7. The van der Waals surface area contributed by atoms with Crippen molar-refractivity contribution in [2.24, 2.45) is 0 Å². The number of ether oxygens (including phenoxy) is 1. The number of amides is 1. The number of rotatable bonds is 6. The van der Waals surface area contributed by atoms with E-state index >= 15 is 0 Å². The van der Waals surface area contributed by atoms with Gasteiger partial charge in [-0.1, -0.05) is 60.7 Å². The van der Waals surface area contributed by atoms with Crippen LogP contribution < -0.4 is 0 Å². The summed E-state index contributed by atoms with van der Waals surface area (Å²) in [5.74, 6) is -0.691. The third kappa shape index (κ3) is 4.70. The second-order valence-electron chi connectivity index (χ2n) is 8.35. The average Bonchev–Trinajstić information content (AvgIpc) is 3.37. The van der Waals surface area contributed by atoms with Crippen LogP contribution in [0.15, 0.2) is 85.2 Å². The summed E-state index contributed by atoms with van der Waals surface area (Å²) in [5.41, 5.74) is 4.38. The van der Waals surface area contributed by atoms with Crippen LogP contribution in [0.5, 0.6) is 0 Å². The van der Waals surface area contributed by atoms with E-state index in [1.165, 1.54) is 11.1 Å². The van der Waals surface area contributed by atoms with Crippen LogP contribution in [0.25, 0.3) is 11.0 Å². The lowest BCUT2D eigenvalue weighted by molar-refractivity contribution is -0.136. The van der Waals surface area contributed by atoms with Crippen LogP contribution in [0.3, 0.4) is 0 Å². The zero-order valence-electron chi connectivity index (χ0n) is 18.8. The summed E-state index contributed by atoms with van der Waals surface area (Å²) in [6.45, 7) is 2.40. The molecule has 0 saturated carbocycles. The SMILES string of the molecule is O=C(OCC(=O)N1CCN(C(c2ccccc2)c2ccccc2)CC1)c1ccc2nc[nH]c2c1. The minimum absolute atomic E-state index is 0.134. The number of nitrogens with zero attached hydrogens (tertiary/aromatic N) is 3. The predicted octanol–water partition coefficient (Wildman–Crippen LogP) is 3.65. The molecule has 0 radical (unpaired) electrons. The standard InChI is InChI=1S/C27H26N4O3/c32-25(18-34-27(33)22-11-12-23-24(17-22)29-19-28-23)30-13-15-31(16-14-30)26(20-7-3-1-4-8-20)21-9-5-2-6-10-21/h1-12,17,19,26H,13-16,18H2,(H,28,29). The van der Waals surface area contributed by atoms with Gasteiger partial charge in [-0.25, -0.2) is 9.78 Å². The van der Waals surface area contributed by atoms with Crippen molar-refractivity contribution >= 4 is 22.9 Å². The first-order valence-corrected chi connectivity index (χ1v) is 11.4. The Balaban J connectivity index is 1.19. The maximum Gasteiger partial charge on any atom is 0.338 e. The highest BCUT2D eigenvalue weighted by molar-refractivity contribution is 5.94. The van der Waals surface area contributed by atoms with Crippen LogP contribution >= 0.6 is 0 Å². The molecule has 0 aliphatic carbocycles. The lowest BCUT2D eigenvalue weighted by Gasteiger charge is -2.39. The van der Waals surface area contributed by atoms with Gasteiger partial charge in [0.15, 0.2) is 6.61 Å². The van der Waals surface area contributed by atoms with E-state index in [1.807, 2.05) is 12.1 Å². The minimum Gasteiger partial charge on any atom is -0.452 e. The normalized spacial score (nSPS) is 14.4. The number of nitrogens with one attached hydrogen (secondary N) is 1. The number of aromatic amines is 1. The molecule has 0 bridgehead atoms. The van der Waals surface area contributed by atoms with Crippen molar-refractivity contribution in [3.8, 4) is 0 Å². The zero-order chi connectivity index (χ0) is 23.3. The maximum atomic E-state index is 12.7. The highest BCUT2D eigenvalue weighted by Crippen LogP contribution is 2.29. The van der Waals surface area contributed by atoms with Crippen molar-refractivity contribution in [2.75, 3.05) is 32.8 Å². The number of fused-ring (bicyclic) bond motifs is 1. The monoisotopic (exact) mass is 454 g/mol. The Kier molecular flexibility index (Phi) is 6.35. The van der Waals surface area contributed by atoms with E-state index in [-0.39, 0.29) is 18.6 Å². The van der Waals surface area contributed by atoms with Gasteiger partial charge in [0, 0.05) is 26.2 Å². The Morgan fingerprint density at radius 1 is 0.882 bits per heavy atom.